The maximum atomic E-state index is 12.0. The maximum Gasteiger partial charge on any atom is 0.264 e. The lowest BCUT2D eigenvalue weighted by atomic mass is 10.2. The van der Waals surface area contributed by atoms with E-state index in [1.165, 1.54) is 24.5 Å². The fourth-order valence-corrected chi connectivity index (χ4v) is 2.29. The van der Waals surface area contributed by atoms with Crippen molar-refractivity contribution in [3.8, 4) is 0 Å². The first kappa shape index (κ1) is 12.5. The molecule has 0 fully saturated rings. The van der Waals surface area contributed by atoms with Crippen molar-refractivity contribution in [2.24, 2.45) is 5.73 Å². The number of anilines is 1. The molecule has 94 valence electrons. The lowest BCUT2D eigenvalue weighted by molar-refractivity contribution is 0.600. The van der Waals surface area contributed by atoms with Crippen LogP contribution in [0.25, 0.3) is 0 Å². The van der Waals surface area contributed by atoms with Crippen LogP contribution in [0.15, 0.2) is 47.6 Å². The second-order valence-corrected chi connectivity index (χ2v) is 5.21. The molecule has 0 atom stereocenters. The molecule has 0 aliphatic heterocycles. The number of aromatic nitrogens is 2. The molecule has 0 amide bonds. The van der Waals surface area contributed by atoms with Gasteiger partial charge in [0.2, 0.25) is 5.95 Å². The molecule has 0 spiro atoms. The van der Waals surface area contributed by atoms with Gasteiger partial charge in [0.25, 0.3) is 10.0 Å². The molecule has 6 nitrogen and oxygen atoms in total. The van der Waals surface area contributed by atoms with Gasteiger partial charge in [-0.15, -0.1) is 0 Å². The van der Waals surface area contributed by atoms with Crippen LogP contribution in [-0.2, 0) is 16.6 Å². The molecule has 3 N–H and O–H groups in total. The van der Waals surface area contributed by atoms with Gasteiger partial charge in [-0.05, 0) is 23.8 Å². The van der Waals surface area contributed by atoms with Crippen LogP contribution >= 0.6 is 0 Å². The zero-order chi connectivity index (χ0) is 13.0. The van der Waals surface area contributed by atoms with Gasteiger partial charge in [0, 0.05) is 18.9 Å². The first-order valence-corrected chi connectivity index (χ1v) is 6.69. The summed E-state index contributed by atoms with van der Waals surface area (Å²) in [7, 11) is -3.65. The Morgan fingerprint density at radius 2 is 1.72 bits per heavy atom. The third-order valence-corrected chi connectivity index (χ3v) is 3.60. The SMILES string of the molecule is NCc1ccc(S(=O)(=O)Nc2ncccn2)cc1. The molecule has 0 bridgehead atoms. The van der Waals surface area contributed by atoms with Gasteiger partial charge in [0.05, 0.1) is 4.90 Å². The smallest absolute Gasteiger partial charge is 0.264 e. The molecule has 0 saturated carbocycles. The first-order valence-electron chi connectivity index (χ1n) is 5.21. The molecule has 0 unspecified atom stereocenters. The largest absolute Gasteiger partial charge is 0.326 e. The van der Waals surface area contributed by atoms with Crippen molar-refractivity contribution in [1.82, 2.24) is 9.97 Å². The van der Waals surface area contributed by atoms with Gasteiger partial charge in [0.15, 0.2) is 0 Å². The highest BCUT2D eigenvalue weighted by atomic mass is 32.2. The summed E-state index contributed by atoms with van der Waals surface area (Å²) in [6.45, 7) is 0.371. The lowest BCUT2D eigenvalue weighted by Gasteiger charge is -2.06. The number of hydrogen-bond donors (Lipinski definition) is 2. The van der Waals surface area contributed by atoms with Crippen LogP contribution in [-0.4, -0.2) is 18.4 Å². The molecule has 1 aromatic carbocycles. The summed E-state index contributed by atoms with van der Waals surface area (Å²) < 4.78 is 26.2. The van der Waals surface area contributed by atoms with Crippen molar-refractivity contribution < 1.29 is 8.42 Å². The summed E-state index contributed by atoms with van der Waals surface area (Å²) >= 11 is 0. The third kappa shape index (κ3) is 2.82. The third-order valence-electron chi connectivity index (χ3n) is 2.26. The molecule has 2 rings (SSSR count). The molecule has 18 heavy (non-hydrogen) atoms. The van der Waals surface area contributed by atoms with Gasteiger partial charge in [-0.2, -0.15) is 0 Å². The fourth-order valence-electron chi connectivity index (χ4n) is 1.34. The van der Waals surface area contributed by atoms with Crippen molar-refractivity contribution in [2.75, 3.05) is 4.72 Å². The summed E-state index contributed by atoms with van der Waals surface area (Å²) in [5, 5.41) is 0. The lowest BCUT2D eigenvalue weighted by Crippen LogP contribution is -2.14. The summed E-state index contributed by atoms with van der Waals surface area (Å²) in [6.07, 6.45) is 2.92. The minimum atomic E-state index is -3.65. The van der Waals surface area contributed by atoms with E-state index in [1.54, 1.807) is 18.2 Å². The second-order valence-electron chi connectivity index (χ2n) is 3.53. The van der Waals surface area contributed by atoms with Crippen molar-refractivity contribution in [3.63, 3.8) is 0 Å². The Morgan fingerprint density at radius 3 is 2.28 bits per heavy atom. The van der Waals surface area contributed by atoms with Crippen LogP contribution < -0.4 is 10.5 Å². The maximum absolute atomic E-state index is 12.0. The van der Waals surface area contributed by atoms with Gasteiger partial charge in [-0.25, -0.2) is 23.1 Å². The highest BCUT2D eigenvalue weighted by Crippen LogP contribution is 2.13. The zero-order valence-electron chi connectivity index (χ0n) is 9.45. The summed E-state index contributed by atoms with van der Waals surface area (Å²) in [4.78, 5) is 7.75. The van der Waals surface area contributed by atoms with Crippen molar-refractivity contribution in [3.05, 3.63) is 48.3 Å². The number of nitrogens with one attached hydrogen (secondary N) is 1. The minimum Gasteiger partial charge on any atom is -0.326 e. The van der Waals surface area contributed by atoms with E-state index in [2.05, 4.69) is 14.7 Å². The average Bonchev–Trinajstić information content (AvgIpc) is 2.39. The van der Waals surface area contributed by atoms with Gasteiger partial charge in [-0.3, -0.25) is 0 Å². The highest BCUT2D eigenvalue weighted by Gasteiger charge is 2.14. The van der Waals surface area contributed by atoms with Gasteiger partial charge < -0.3 is 5.73 Å². The highest BCUT2D eigenvalue weighted by molar-refractivity contribution is 7.92. The van der Waals surface area contributed by atoms with Crippen LogP contribution in [0.3, 0.4) is 0 Å². The van der Waals surface area contributed by atoms with E-state index < -0.39 is 10.0 Å². The summed E-state index contributed by atoms with van der Waals surface area (Å²) in [5.41, 5.74) is 6.31. The molecule has 0 radical (unpaired) electrons. The number of nitrogens with two attached hydrogens (primary N) is 1. The summed E-state index contributed by atoms with van der Waals surface area (Å²) in [5.74, 6) is 0.0420. The Morgan fingerprint density at radius 1 is 1.11 bits per heavy atom. The normalized spacial score (nSPS) is 11.2. The topological polar surface area (TPSA) is 98.0 Å². The van der Waals surface area contributed by atoms with Crippen LogP contribution in [0.1, 0.15) is 5.56 Å². The van der Waals surface area contributed by atoms with E-state index in [0.717, 1.165) is 5.56 Å². The van der Waals surface area contributed by atoms with Crippen LogP contribution in [0.5, 0.6) is 0 Å². The predicted molar refractivity (Wildman–Crippen MR) is 67.2 cm³/mol. The average molecular weight is 264 g/mol. The molecule has 0 saturated heterocycles. The number of hydrogen-bond acceptors (Lipinski definition) is 5. The van der Waals surface area contributed by atoms with Gasteiger partial charge >= 0.3 is 0 Å². The van der Waals surface area contributed by atoms with E-state index in [1.807, 2.05) is 0 Å². The molecule has 0 aliphatic carbocycles. The number of nitrogens with zero attached hydrogens (tertiary/aromatic N) is 2. The van der Waals surface area contributed by atoms with E-state index in [0.29, 0.717) is 6.54 Å². The molecular weight excluding hydrogens is 252 g/mol. The van der Waals surface area contributed by atoms with Crippen LogP contribution in [0.4, 0.5) is 5.95 Å². The molecule has 1 aromatic heterocycles. The van der Waals surface area contributed by atoms with Crippen molar-refractivity contribution >= 4 is 16.0 Å². The standard InChI is InChI=1S/C11H12N4O2S/c12-8-9-2-4-10(5-3-9)18(16,17)15-11-13-6-1-7-14-11/h1-7H,8,12H2,(H,13,14,15). The molecule has 0 aliphatic rings. The predicted octanol–water partition coefficient (Wildman–Crippen LogP) is 0.736. The number of rotatable bonds is 4. The number of sulfonamides is 1. The Kier molecular flexibility index (Phi) is 3.54. The van der Waals surface area contributed by atoms with Crippen molar-refractivity contribution in [1.29, 1.82) is 0 Å². The van der Waals surface area contributed by atoms with Crippen LogP contribution in [0.2, 0.25) is 0 Å². The van der Waals surface area contributed by atoms with Gasteiger partial charge in [-0.1, -0.05) is 12.1 Å². The summed E-state index contributed by atoms with van der Waals surface area (Å²) in [6, 6.07) is 7.93. The van der Waals surface area contributed by atoms with Gasteiger partial charge in [0.1, 0.15) is 0 Å². The Hall–Kier alpha value is -1.99. The Bertz CT molecular complexity index is 611. The molecular formula is C11H12N4O2S. The van der Waals surface area contributed by atoms with Crippen molar-refractivity contribution in [2.45, 2.75) is 11.4 Å². The molecule has 1 heterocycles. The second kappa shape index (κ2) is 5.11. The zero-order valence-corrected chi connectivity index (χ0v) is 10.3. The van der Waals surface area contributed by atoms with E-state index >= 15 is 0 Å². The number of benzene rings is 1. The van der Waals surface area contributed by atoms with Crippen LogP contribution in [0, 0.1) is 0 Å². The first-order chi connectivity index (χ1) is 8.62. The Labute approximate surface area is 105 Å². The Balaban J connectivity index is 2.25. The molecule has 2 aromatic rings. The van der Waals surface area contributed by atoms with E-state index in [4.69, 9.17) is 5.73 Å². The van der Waals surface area contributed by atoms with E-state index in [9.17, 15) is 8.42 Å². The minimum absolute atomic E-state index is 0.0420. The molecule has 7 heteroatoms. The fraction of sp³-hybridized carbons (Fsp3) is 0.0909. The quantitative estimate of drug-likeness (QED) is 0.848. The monoisotopic (exact) mass is 264 g/mol. The van der Waals surface area contributed by atoms with E-state index in [-0.39, 0.29) is 10.8 Å².